The molecule has 2 aromatic carbocycles. The number of carbonyl (C=O) groups is 1. The van der Waals surface area contributed by atoms with Gasteiger partial charge in [0, 0.05) is 18.5 Å². The second-order valence-corrected chi connectivity index (χ2v) is 7.02. The molecule has 1 aromatic heterocycles. The summed E-state index contributed by atoms with van der Waals surface area (Å²) in [4.78, 5) is 16.3. The number of hydrogen-bond donors (Lipinski definition) is 1. The standard InChI is InChI=1S/C24H29N3O2/c1-3-11-24(28)25-17-10-4-5-16-23-26-20-13-7-8-14-21(20)27(23)18-19-12-6-9-15-22(19)29-2/h3,6-9,11-15H,4-5,10,16-18H2,1-2H3,(H,25,28)/b11-3+. The van der Waals surface area contributed by atoms with Crippen LogP contribution in [0.15, 0.2) is 60.7 Å². The molecule has 3 rings (SSSR count). The number of allylic oxidation sites excluding steroid dienone is 1. The Balaban J connectivity index is 1.66. The van der Waals surface area contributed by atoms with E-state index in [1.54, 1.807) is 19.3 Å². The van der Waals surface area contributed by atoms with Crippen LogP contribution in [0.5, 0.6) is 5.75 Å². The van der Waals surface area contributed by atoms with Crippen LogP contribution in [0.3, 0.4) is 0 Å². The topological polar surface area (TPSA) is 56.2 Å². The Kier molecular flexibility index (Phi) is 7.45. The van der Waals surface area contributed by atoms with Crippen molar-refractivity contribution in [2.24, 2.45) is 0 Å². The van der Waals surface area contributed by atoms with Gasteiger partial charge in [0.05, 0.1) is 24.7 Å². The van der Waals surface area contributed by atoms with Crippen molar-refractivity contribution in [2.45, 2.75) is 39.2 Å². The zero-order chi connectivity index (χ0) is 20.5. The zero-order valence-electron chi connectivity index (χ0n) is 17.2. The number of imidazole rings is 1. The highest BCUT2D eigenvalue weighted by Crippen LogP contribution is 2.23. The van der Waals surface area contributed by atoms with Gasteiger partial charge in [0.25, 0.3) is 0 Å². The summed E-state index contributed by atoms with van der Waals surface area (Å²) in [5.74, 6) is 1.97. The Morgan fingerprint density at radius 3 is 2.72 bits per heavy atom. The van der Waals surface area contributed by atoms with E-state index in [9.17, 15) is 4.79 Å². The minimum absolute atomic E-state index is 0.0221. The van der Waals surface area contributed by atoms with Gasteiger partial charge in [0.2, 0.25) is 5.91 Å². The molecule has 0 aliphatic rings. The van der Waals surface area contributed by atoms with Crippen LogP contribution in [0.25, 0.3) is 11.0 Å². The molecule has 0 unspecified atom stereocenters. The van der Waals surface area contributed by atoms with Crippen LogP contribution in [0.4, 0.5) is 0 Å². The van der Waals surface area contributed by atoms with Crippen LogP contribution in [0, 0.1) is 0 Å². The number of nitrogens with one attached hydrogen (secondary N) is 1. The quantitative estimate of drug-likeness (QED) is 0.409. The van der Waals surface area contributed by atoms with Gasteiger partial charge in [-0.25, -0.2) is 4.98 Å². The maximum absolute atomic E-state index is 11.4. The second-order valence-electron chi connectivity index (χ2n) is 7.02. The van der Waals surface area contributed by atoms with Gasteiger partial charge in [-0.1, -0.05) is 42.8 Å². The molecule has 0 saturated carbocycles. The molecule has 0 radical (unpaired) electrons. The van der Waals surface area contributed by atoms with E-state index in [1.807, 2.05) is 31.2 Å². The summed E-state index contributed by atoms with van der Waals surface area (Å²) in [6.45, 7) is 3.29. The SMILES string of the molecule is C/C=C/C(=O)NCCCCCc1nc2ccccc2n1Cc1ccccc1OC. The molecular formula is C24H29N3O2. The first-order chi connectivity index (χ1) is 14.2. The highest BCUT2D eigenvalue weighted by molar-refractivity contribution is 5.87. The highest BCUT2D eigenvalue weighted by atomic mass is 16.5. The van der Waals surface area contributed by atoms with Crippen LogP contribution >= 0.6 is 0 Å². The lowest BCUT2D eigenvalue weighted by Crippen LogP contribution is -2.21. The number of aromatic nitrogens is 2. The number of aryl methyl sites for hydroxylation is 1. The zero-order valence-corrected chi connectivity index (χ0v) is 17.2. The van der Waals surface area contributed by atoms with Crippen LogP contribution in [-0.4, -0.2) is 29.1 Å². The number of benzene rings is 2. The lowest BCUT2D eigenvalue weighted by molar-refractivity contribution is -0.116. The van der Waals surface area contributed by atoms with Crippen molar-refractivity contribution in [2.75, 3.05) is 13.7 Å². The largest absolute Gasteiger partial charge is 0.496 e. The van der Waals surface area contributed by atoms with Crippen molar-refractivity contribution in [3.8, 4) is 5.75 Å². The fraction of sp³-hybridized carbons (Fsp3) is 0.333. The van der Waals surface area contributed by atoms with Gasteiger partial charge in [-0.15, -0.1) is 0 Å². The number of fused-ring (bicyclic) bond motifs is 1. The van der Waals surface area contributed by atoms with Crippen molar-refractivity contribution >= 4 is 16.9 Å². The lowest BCUT2D eigenvalue weighted by atomic mass is 10.1. The summed E-state index contributed by atoms with van der Waals surface area (Å²) < 4.78 is 7.83. The predicted molar refractivity (Wildman–Crippen MR) is 117 cm³/mol. The van der Waals surface area contributed by atoms with Crippen molar-refractivity contribution in [1.82, 2.24) is 14.9 Å². The summed E-state index contributed by atoms with van der Waals surface area (Å²) in [6.07, 6.45) is 7.27. The minimum atomic E-state index is -0.0221. The Morgan fingerprint density at radius 1 is 1.10 bits per heavy atom. The smallest absolute Gasteiger partial charge is 0.243 e. The van der Waals surface area contributed by atoms with Crippen molar-refractivity contribution in [1.29, 1.82) is 0 Å². The second kappa shape index (κ2) is 10.5. The molecule has 0 bridgehead atoms. The molecule has 0 saturated heterocycles. The van der Waals surface area contributed by atoms with Gasteiger partial charge in [-0.05, 0) is 44.0 Å². The summed E-state index contributed by atoms with van der Waals surface area (Å²) in [5.41, 5.74) is 3.31. The Morgan fingerprint density at radius 2 is 1.90 bits per heavy atom. The fourth-order valence-electron chi connectivity index (χ4n) is 3.50. The lowest BCUT2D eigenvalue weighted by Gasteiger charge is -2.12. The number of unbranched alkanes of at least 4 members (excludes halogenated alkanes) is 2. The molecule has 29 heavy (non-hydrogen) atoms. The highest BCUT2D eigenvalue weighted by Gasteiger charge is 2.12. The fourth-order valence-corrected chi connectivity index (χ4v) is 3.50. The molecule has 1 amide bonds. The van der Waals surface area contributed by atoms with Crippen LogP contribution < -0.4 is 10.1 Å². The minimum Gasteiger partial charge on any atom is -0.496 e. The van der Waals surface area contributed by atoms with E-state index in [-0.39, 0.29) is 5.91 Å². The van der Waals surface area contributed by atoms with E-state index in [4.69, 9.17) is 9.72 Å². The average molecular weight is 392 g/mol. The molecule has 0 spiro atoms. The van der Waals surface area contributed by atoms with E-state index in [0.717, 1.165) is 60.4 Å². The number of hydrogen-bond acceptors (Lipinski definition) is 3. The number of nitrogens with zero attached hydrogens (tertiary/aromatic N) is 2. The van der Waals surface area contributed by atoms with Crippen LogP contribution in [-0.2, 0) is 17.8 Å². The molecule has 5 nitrogen and oxygen atoms in total. The molecule has 0 aliphatic carbocycles. The molecule has 152 valence electrons. The average Bonchev–Trinajstić information content (AvgIpc) is 3.08. The van der Waals surface area contributed by atoms with Gasteiger partial charge < -0.3 is 14.6 Å². The van der Waals surface area contributed by atoms with Crippen LogP contribution in [0.2, 0.25) is 0 Å². The van der Waals surface area contributed by atoms with Crippen molar-refractivity contribution in [3.05, 3.63) is 72.1 Å². The number of para-hydroxylation sites is 3. The predicted octanol–water partition coefficient (Wildman–Crippen LogP) is 4.50. The Bertz CT molecular complexity index is 975. The summed E-state index contributed by atoms with van der Waals surface area (Å²) in [6, 6.07) is 16.4. The van der Waals surface area contributed by atoms with Gasteiger partial charge in [-0.2, -0.15) is 0 Å². The maximum Gasteiger partial charge on any atom is 0.243 e. The molecular weight excluding hydrogens is 362 g/mol. The Labute approximate surface area is 172 Å². The first-order valence-corrected chi connectivity index (χ1v) is 10.2. The van der Waals surface area contributed by atoms with Gasteiger partial charge in [0.1, 0.15) is 11.6 Å². The summed E-state index contributed by atoms with van der Waals surface area (Å²) in [7, 11) is 1.71. The molecule has 0 aliphatic heterocycles. The first-order valence-electron chi connectivity index (χ1n) is 10.2. The number of rotatable bonds is 10. The maximum atomic E-state index is 11.4. The summed E-state index contributed by atoms with van der Waals surface area (Å²) in [5, 5.41) is 2.90. The first kappa shape index (κ1) is 20.6. The summed E-state index contributed by atoms with van der Waals surface area (Å²) >= 11 is 0. The Hall–Kier alpha value is -3.08. The molecule has 3 aromatic rings. The van der Waals surface area contributed by atoms with Crippen molar-refractivity contribution < 1.29 is 9.53 Å². The van der Waals surface area contributed by atoms with Crippen LogP contribution in [0.1, 0.15) is 37.6 Å². The molecule has 0 fully saturated rings. The molecule has 1 N–H and O–H groups in total. The number of amides is 1. The van der Waals surface area contributed by atoms with E-state index in [2.05, 4.69) is 34.1 Å². The molecule has 5 heteroatoms. The number of ether oxygens (including phenoxy) is 1. The van der Waals surface area contributed by atoms with Gasteiger partial charge in [-0.3, -0.25) is 4.79 Å². The van der Waals surface area contributed by atoms with E-state index >= 15 is 0 Å². The third-order valence-electron chi connectivity index (χ3n) is 4.95. The number of methoxy groups -OCH3 is 1. The van der Waals surface area contributed by atoms with E-state index in [1.165, 1.54) is 0 Å². The van der Waals surface area contributed by atoms with Crippen molar-refractivity contribution in [3.63, 3.8) is 0 Å². The number of carbonyl (C=O) groups excluding carboxylic acids is 1. The van der Waals surface area contributed by atoms with Gasteiger partial charge >= 0.3 is 0 Å². The molecule has 1 heterocycles. The van der Waals surface area contributed by atoms with Gasteiger partial charge in [0.15, 0.2) is 0 Å². The monoisotopic (exact) mass is 391 g/mol. The third kappa shape index (κ3) is 5.47. The van der Waals surface area contributed by atoms with E-state index < -0.39 is 0 Å². The van der Waals surface area contributed by atoms with E-state index in [0.29, 0.717) is 6.54 Å². The normalized spacial score (nSPS) is 11.2. The molecule has 0 atom stereocenters. The third-order valence-corrected chi connectivity index (χ3v) is 4.95.